The van der Waals surface area contributed by atoms with Crippen LogP contribution in [-0.2, 0) is 4.74 Å². The van der Waals surface area contributed by atoms with E-state index in [9.17, 15) is 0 Å². The molecular formula is C13H16N2O2. The predicted octanol–water partition coefficient (Wildman–Crippen LogP) is 2.81. The zero-order valence-corrected chi connectivity index (χ0v) is 9.85. The zero-order valence-electron chi connectivity index (χ0n) is 9.85. The minimum absolute atomic E-state index is 0.269. The molecule has 1 saturated carbocycles. The van der Waals surface area contributed by atoms with Gasteiger partial charge in [-0.2, -0.15) is 4.98 Å². The first-order valence-corrected chi connectivity index (χ1v) is 6.02. The number of rotatable bonds is 3. The fourth-order valence-corrected chi connectivity index (χ4v) is 2.47. The van der Waals surface area contributed by atoms with Crippen LogP contribution in [0.25, 0.3) is 11.1 Å². The van der Waals surface area contributed by atoms with Crippen molar-refractivity contribution in [1.29, 1.82) is 0 Å². The summed E-state index contributed by atoms with van der Waals surface area (Å²) in [7, 11) is 1.76. The number of aromatic nitrogens is 1. The van der Waals surface area contributed by atoms with E-state index >= 15 is 0 Å². The topological polar surface area (TPSA) is 47.3 Å². The summed E-state index contributed by atoms with van der Waals surface area (Å²) in [6.45, 7) is 0. The molecule has 0 saturated heterocycles. The van der Waals surface area contributed by atoms with Gasteiger partial charge in [0.2, 0.25) is 0 Å². The maximum Gasteiger partial charge on any atom is 0.295 e. The number of hydrogen-bond acceptors (Lipinski definition) is 4. The Morgan fingerprint density at radius 2 is 2.24 bits per heavy atom. The summed E-state index contributed by atoms with van der Waals surface area (Å²) in [6, 6.07) is 8.70. The number of fused-ring (bicyclic) bond motifs is 1. The predicted molar refractivity (Wildman–Crippen MR) is 66.1 cm³/mol. The molecule has 0 bridgehead atoms. The highest BCUT2D eigenvalue weighted by Gasteiger charge is 2.28. The van der Waals surface area contributed by atoms with E-state index in [1.165, 1.54) is 6.42 Å². The van der Waals surface area contributed by atoms with Gasteiger partial charge in [0.15, 0.2) is 5.58 Å². The number of anilines is 1. The summed E-state index contributed by atoms with van der Waals surface area (Å²) in [5.74, 6) is 0. The van der Waals surface area contributed by atoms with Crippen molar-refractivity contribution in [3.05, 3.63) is 24.3 Å². The Kier molecular flexibility index (Phi) is 2.73. The van der Waals surface area contributed by atoms with Crippen LogP contribution < -0.4 is 5.32 Å². The van der Waals surface area contributed by atoms with Gasteiger partial charge >= 0.3 is 0 Å². The Bertz CT molecular complexity index is 476. The number of nitrogens with one attached hydrogen (secondary N) is 1. The van der Waals surface area contributed by atoms with Crippen molar-refractivity contribution in [1.82, 2.24) is 4.98 Å². The van der Waals surface area contributed by atoms with Crippen LogP contribution in [-0.4, -0.2) is 24.2 Å². The van der Waals surface area contributed by atoms with Gasteiger partial charge in [-0.1, -0.05) is 12.1 Å². The molecule has 0 spiro atoms. The van der Waals surface area contributed by atoms with Gasteiger partial charge in [0.25, 0.3) is 6.01 Å². The van der Waals surface area contributed by atoms with E-state index in [1.54, 1.807) is 7.11 Å². The molecule has 0 aliphatic heterocycles. The molecule has 1 aromatic heterocycles. The Balaban J connectivity index is 1.80. The molecule has 1 aromatic carbocycles. The van der Waals surface area contributed by atoms with Gasteiger partial charge in [0.1, 0.15) is 5.52 Å². The first-order chi connectivity index (χ1) is 8.36. The van der Waals surface area contributed by atoms with Crippen molar-refractivity contribution in [2.24, 2.45) is 0 Å². The SMILES string of the molecule is CO[C@H]1CCC[C@@H]1Nc1nc2ccccc2o1. The minimum Gasteiger partial charge on any atom is -0.424 e. The Morgan fingerprint density at radius 1 is 1.35 bits per heavy atom. The molecule has 0 radical (unpaired) electrons. The highest BCUT2D eigenvalue weighted by Crippen LogP contribution is 2.26. The third kappa shape index (κ3) is 2.00. The normalized spacial score (nSPS) is 24.3. The van der Waals surface area contributed by atoms with Gasteiger partial charge in [0.05, 0.1) is 12.1 Å². The van der Waals surface area contributed by atoms with Crippen molar-refractivity contribution in [3.8, 4) is 0 Å². The van der Waals surface area contributed by atoms with Crippen molar-refractivity contribution in [3.63, 3.8) is 0 Å². The molecule has 3 rings (SSSR count). The van der Waals surface area contributed by atoms with E-state index in [1.807, 2.05) is 24.3 Å². The molecule has 2 aromatic rings. The van der Waals surface area contributed by atoms with Gasteiger partial charge in [-0.15, -0.1) is 0 Å². The lowest BCUT2D eigenvalue weighted by atomic mass is 10.2. The van der Waals surface area contributed by atoms with Crippen LogP contribution in [0, 0.1) is 0 Å². The third-order valence-electron chi connectivity index (χ3n) is 3.36. The lowest BCUT2D eigenvalue weighted by Crippen LogP contribution is -2.29. The summed E-state index contributed by atoms with van der Waals surface area (Å²) in [6.07, 6.45) is 3.67. The molecule has 1 heterocycles. The largest absolute Gasteiger partial charge is 0.424 e. The number of para-hydroxylation sites is 2. The first-order valence-electron chi connectivity index (χ1n) is 6.02. The molecule has 0 unspecified atom stereocenters. The van der Waals surface area contributed by atoms with E-state index in [2.05, 4.69) is 10.3 Å². The summed E-state index contributed by atoms with van der Waals surface area (Å²) < 4.78 is 11.1. The van der Waals surface area contributed by atoms with Crippen LogP contribution >= 0.6 is 0 Å². The molecule has 4 heteroatoms. The number of ether oxygens (including phenoxy) is 1. The van der Waals surface area contributed by atoms with Crippen molar-refractivity contribution in [2.75, 3.05) is 12.4 Å². The number of oxazole rings is 1. The zero-order chi connectivity index (χ0) is 11.7. The van der Waals surface area contributed by atoms with Gasteiger partial charge < -0.3 is 14.5 Å². The summed E-state index contributed by atoms with van der Waals surface area (Å²) in [5.41, 5.74) is 1.71. The molecule has 17 heavy (non-hydrogen) atoms. The van der Waals surface area contributed by atoms with E-state index in [0.29, 0.717) is 12.1 Å². The van der Waals surface area contributed by atoms with Gasteiger partial charge in [-0.05, 0) is 31.4 Å². The Morgan fingerprint density at radius 3 is 3.06 bits per heavy atom. The molecule has 1 N–H and O–H groups in total. The molecule has 0 amide bonds. The van der Waals surface area contributed by atoms with E-state index < -0.39 is 0 Å². The van der Waals surface area contributed by atoms with Crippen molar-refractivity contribution < 1.29 is 9.15 Å². The molecule has 2 atom stereocenters. The molecular weight excluding hydrogens is 216 g/mol. The van der Waals surface area contributed by atoms with Crippen LogP contribution in [0.2, 0.25) is 0 Å². The van der Waals surface area contributed by atoms with Gasteiger partial charge in [-0.3, -0.25) is 0 Å². The second-order valence-corrected chi connectivity index (χ2v) is 4.44. The second kappa shape index (κ2) is 4.37. The number of methoxy groups -OCH3 is 1. The smallest absolute Gasteiger partial charge is 0.295 e. The van der Waals surface area contributed by atoms with E-state index in [0.717, 1.165) is 23.9 Å². The maximum atomic E-state index is 5.65. The quantitative estimate of drug-likeness (QED) is 0.884. The molecule has 1 fully saturated rings. The minimum atomic E-state index is 0.269. The van der Waals surface area contributed by atoms with Crippen LogP contribution in [0.15, 0.2) is 28.7 Å². The van der Waals surface area contributed by atoms with E-state index in [4.69, 9.17) is 9.15 Å². The number of benzene rings is 1. The molecule has 4 nitrogen and oxygen atoms in total. The average molecular weight is 232 g/mol. The van der Waals surface area contributed by atoms with E-state index in [-0.39, 0.29) is 6.10 Å². The monoisotopic (exact) mass is 232 g/mol. The third-order valence-corrected chi connectivity index (χ3v) is 3.36. The van der Waals surface area contributed by atoms with Crippen LogP contribution in [0.1, 0.15) is 19.3 Å². The standard InChI is InChI=1S/C13H16N2O2/c1-16-11-8-4-6-9(11)14-13-15-10-5-2-3-7-12(10)17-13/h2-3,5,7,9,11H,4,6,8H2,1H3,(H,14,15)/t9-,11-/m0/s1. The van der Waals surface area contributed by atoms with Gasteiger partial charge in [-0.25, -0.2) is 0 Å². The molecule has 1 aliphatic carbocycles. The average Bonchev–Trinajstić information content (AvgIpc) is 2.94. The lowest BCUT2D eigenvalue weighted by molar-refractivity contribution is 0.100. The second-order valence-electron chi connectivity index (χ2n) is 4.44. The number of hydrogen-bond donors (Lipinski definition) is 1. The van der Waals surface area contributed by atoms with Crippen molar-refractivity contribution >= 4 is 17.1 Å². The highest BCUT2D eigenvalue weighted by atomic mass is 16.5. The highest BCUT2D eigenvalue weighted by molar-refractivity contribution is 5.74. The van der Waals surface area contributed by atoms with Crippen LogP contribution in [0.5, 0.6) is 0 Å². The first kappa shape index (κ1) is 10.6. The fraction of sp³-hybridized carbons (Fsp3) is 0.462. The Hall–Kier alpha value is -1.55. The summed E-state index contributed by atoms with van der Waals surface area (Å²) in [5, 5.41) is 3.33. The molecule has 90 valence electrons. The fourth-order valence-electron chi connectivity index (χ4n) is 2.47. The summed E-state index contributed by atoms with van der Waals surface area (Å²) in [4.78, 5) is 4.41. The lowest BCUT2D eigenvalue weighted by Gasteiger charge is -2.18. The summed E-state index contributed by atoms with van der Waals surface area (Å²) >= 11 is 0. The maximum absolute atomic E-state index is 5.65. The van der Waals surface area contributed by atoms with Crippen LogP contribution in [0.4, 0.5) is 6.01 Å². The molecule has 1 aliphatic rings. The number of nitrogens with zero attached hydrogens (tertiary/aromatic N) is 1. The van der Waals surface area contributed by atoms with Gasteiger partial charge in [0, 0.05) is 7.11 Å². The van der Waals surface area contributed by atoms with Crippen molar-refractivity contribution in [2.45, 2.75) is 31.4 Å². The van der Waals surface area contributed by atoms with Crippen LogP contribution in [0.3, 0.4) is 0 Å². The Labute approximate surface area is 100.0 Å².